The molecule has 1 aliphatic heterocycles. The Hall–Kier alpha value is -2.82. The van der Waals surface area contributed by atoms with Crippen molar-refractivity contribution in [2.75, 3.05) is 18.1 Å². The summed E-state index contributed by atoms with van der Waals surface area (Å²) in [5.41, 5.74) is 4.19. The van der Waals surface area contributed by atoms with Crippen molar-refractivity contribution in [3.63, 3.8) is 0 Å². The van der Waals surface area contributed by atoms with Gasteiger partial charge in [0, 0.05) is 24.7 Å². The summed E-state index contributed by atoms with van der Waals surface area (Å²) < 4.78 is 5.79. The van der Waals surface area contributed by atoms with Gasteiger partial charge < -0.3 is 15.0 Å². The quantitative estimate of drug-likeness (QED) is 0.644. The highest BCUT2D eigenvalue weighted by Gasteiger charge is 2.37. The van der Waals surface area contributed by atoms with Crippen LogP contribution in [0.5, 0.6) is 5.75 Å². The van der Waals surface area contributed by atoms with Crippen molar-refractivity contribution >= 4 is 17.5 Å². The van der Waals surface area contributed by atoms with Gasteiger partial charge in [-0.2, -0.15) is 0 Å². The second-order valence-corrected chi connectivity index (χ2v) is 7.64. The normalized spacial score (nSPS) is 15.3. The average molecular weight is 395 g/mol. The lowest BCUT2D eigenvalue weighted by molar-refractivity contribution is -0.126. The molecule has 1 N–H and O–H groups in total. The molecule has 5 nitrogen and oxygen atoms in total. The maximum atomic E-state index is 13.0. The monoisotopic (exact) mass is 394 g/mol. The van der Waals surface area contributed by atoms with Crippen molar-refractivity contribution in [3.8, 4) is 5.75 Å². The minimum absolute atomic E-state index is 0.0711. The molecule has 5 heteroatoms. The van der Waals surface area contributed by atoms with E-state index in [4.69, 9.17) is 4.74 Å². The molecule has 0 aromatic heterocycles. The maximum Gasteiger partial charge on any atom is 0.254 e. The van der Waals surface area contributed by atoms with E-state index in [0.717, 1.165) is 36.3 Å². The molecule has 1 heterocycles. The number of nitrogens with zero attached hydrogens (tertiary/aromatic N) is 1. The minimum atomic E-state index is -0.595. The Morgan fingerprint density at radius 2 is 1.90 bits per heavy atom. The molecule has 2 aromatic rings. The largest absolute Gasteiger partial charge is 0.494 e. The maximum absolute atomic E-state index is 13.0. The van der Waals surface area contributed by atoms with Crippen LogP contribution in [0.1, 0.15) is 55.8 Å². The molecule has 154 valence electrons. The van der Waals surface area contributed by atoms with Gasteiger partial charge in [-0.1, -0.05) is 43.2 Å². The number of hydrogen-bond acceptors (Lipinski definition) is 3. The van der Waals surface area contributed by atoms with Crippen molar-refractivity contribution in [3.05, 3.63) is 59.2 Å². The highest BCUT2D eigenvalue weighted by molar-refractivity contribution is 6.06. The summed E-state index contributed by atoms with van der Waals surface area (Å²) in [5.74, 6) is 0.566. The van der Waals surface area contributed by atoms with E-state index in [0.29, 0.717) is 19.6 Å². The van der Waals surface area contributed by atoms with E-state index in [1.807, 2.05) is 37.3 Å². The number of nitrogens with one attached hydrogen (secondary N) is 1. The van der Waals surface area contributed by atoms with Crippen LogP contribution >= 0.6 is 0 Å². The van der Waals surface area contributed by atoms with E-state index in [2.05, 4.69) is 24.4 Å². The van der Waals surface area contributed by atoms with Gasteiger partial charge in [-0.15, -0.1) is 0 Å². The lowest BCUT2D eigenvalue weighted by Gasteiger charge is -2.18. The summed E-state index contributed by atoms with van der Waals surface area (Å²) in [6.07, 6.45) is 3.93. The molecule has 0 radical (unpaired) electrons. The Labute approximate surface area is 173 Å². The summed E-state index contributed by atoms with van der Waals surface area (Å²) in [7, 11) is 0. The molecule has 0 fully saturated rings. The number of amides is 2. The Balaban J connectivity index is 1.67. The Bertz CT molecular complexity index is 861. The zero-order chi connectivity index (χ0) is 20.8. The lowest BCUT2D eigenvalue weighted by Crippen LogP contribution is -2.37. The number of unbranched alkanes of at least 4 members (excludes halogenated alkanes) is 1. The van der Waals surface area contributed by atoms with Crippen molar-refractivity contribution in [2.45, 2.75) is 52.5 Å². The van der Waals surface area contributed by atoms with E-state index < -0.39 is 6.04 Å². The fourth-order valence-corrected chi connectivity index (χ4v) is 3.65. The zero-order valence-electron chi connectivity index (χ0n) is 17.5. The molecule has 0 saturated carbocycles. The number of aryl methyl sites for hydroxylation is 2. The summed E-state index contributed by atoms with van der Waals surface area (Å²) in [5, 5.41) is 2.82. The van der Waals surface area contributed by atoms with E-state index in [1.54, 1.807) is 4.90 Å². The molecule has 1 aliphatic rings. The third kappa shape index (κ3) is 5.17. The molecular weight excluding hydrogens is 364 g/mol. The molecule has 29 heavy (non-hydrogen) atoms. The Morgan fingerprint density at radius 1 is 1.14 bits per heavy atom. The fourth-order valence-electron chi connectivity index (χ4n) is 3.65. The van der Waals surface area contributed by atoms with Gasteiger partial charge in [-0.05, 0) is 49.9 Å². The number of fused-ring (bicyclic) bond motifs is 1. The highest BCUT2D eigenvalue weighted by Crippen LogP contribution is 2.37. The third-order valence-electron chi connectivity index (χ3n) is 5.19. The van der Waals surface area contributed by atoms with Crippen LogP contribution in [0.4, 0.5) is 5.69 Å². The predicted molar refractivity (Wildman–Crippen MR) is 115 cm³/mol. The second kappa shape index (κ2) is 9.59. The summed E-state index contributed by atoms with van der Waals surface area (Å²) in [4.78, 5) is 26.4. The van der Waals surface area contributed by atoms with Crippen LogP contribution in [0.3, 0.4) is 0 Å². The van der Waals surface area contributed by atoms with Crippen molar-refractivity contribution in [1.29, 1.82) is 0 Å². The van der Waals surface area contributed by atoms with Gasteiger partial charge in [-0.3, -0.25) is 9.59 Å². The van der Waals surface area contributed by atoms with Crippen molar-refractivity contribution in [1.82, 2.24) is 5.32 Å². The average Bonchev–Trinajstić information content (AvgIpc) is 2.95. The Morgan fingerprint density at radius 3 is 2.59 bits per heavy atom. The van der Waals surface area contributed by atoms with Crippen LogP contribution in [0.2, 0.25) is 0 Å². The third-order valence-corrected chi connectivity index (χ3v) is 5.19. The van der Waals surface area contributed by atoms with E-state index in [9.17, 15) is 9.59 Å². The summed E-state index contributed by atoms with van der Waals surface area (Å²) in [6, 6.07) is 13.5. The summed E-state index contributed by atoms with van der Waals surface area (Å²) in [6.45, 7) is 6.74. The van der Waals surface area contributed by atoms with Crippen LogP contribution in [-0.4, -0.2) is 25.0 Å². The van der Waals surface area contributed by atoms with Gasteiger partial charge in [0.2, 0.25) is 5.91 Å². The zero-order valence-corrected chi connectivity index (χ0v) is 17.5. The van der Waals surface area contributed by atoms with E-state index in [1.165, 1.54) is 18.1 Å². The number of anilines is 1. The van der Waals surface area contributed by atoms with E-state index in [-0.39, 0.29) is 11.8 Å². The number of carbonyl (C=O) groups is 2. The highest BCUT2D eigenvalue weighted by atomic mass is 16.5. The predicted octanol–water partition coefficient (Wildman–Crippen LogP) is 4.33. The van der Waals surface area contributed by atoms with Gasteiger partial charge in [0.05, 0.1) is 6.61 Å². The topological polar surface area (TPSA) is 58.6 Å². The first-order chi connectivity index (χ1) is 14.0. The molecule has 0 aliphatic carbocycles. The van der Waals surface area contributed by atoms with Gasteiger partial charge in [-0.25, -0.2) is 0 Å². The van der Waals surface area contributed by atoms with Crippen LogP contribution in [0.15, 0.2) is 42.5 Å². The fraction of sp³-hybridized carbons (Fsp3) is 0.417. The molecule has 3 rings (SSSR count). The van der Waals surface area contributed by atoms with Crippen LogP contribution in [-0.2, 0) is 16.0 Å². The van der Waals surface area contributed by atoms with Gasteiger partial charge in [0.15, 0.2) is 0 Å². The number of hydrogen-bond donors (Lipinski definition) is 1. The standard InChI is InChI=1S/C24H30N2O3/c1-4-5-7-19-10-13-22-21(16-19)23(25-18(3)27)24(28)26(22)14-6-15-29-20-11-8-17(2)9-12-20/h8-13,16,23H,4-7,14-15H2,1-3H3,(H,25,27)/t23-/m1/s1. The molecule has 2 aromatic carbocycles. The van der Waals surface area contributed by atoms with Crippen LogP contribution in [0, 0.1) is 6.92 Å². The summed E-state index contributed by atoms with van der Waals surface area (Å²) >= 11 is 0. The van der Waals surface area contributed by atoms with Crippen LogP contribution < -0.4 is 15.0 Å². The SMILES string of the molecule is CCCCc1ccc2c(c1)[C@@H](NC(C)=O)C(=O)N2CCCOc1ccc(C)cc1. The first-order valence-electron chi connectivity index (χ1n) is 10.4. The second-order valence-electron chi connectivity index (χ2n) is 7.64. The van der Waals surface area contributed by atoms with Crippen LogP contribution in [0.25, 0.3) is 0 Å². The molecular formula is C24H30N2O3. The van der Waals surface area contributed by atoms with Crippen molar-refractivity contribution in [2.24, 2.45) is 0 Å². The molecule has 0 unspecified atom stereocenters. The smallest absolute Gasteiger partial charge is 0.254 e. The number of benzene rings is 2. The lowest BCUT2D eigenvalue weighted by atomic mass is 10.0. The number of rotatable bonds is 9. The molecule has 0 spiro atoms. The van der Waals surface area contributed by atoms with Crippen molar-refractivity contribution < 1.29 is 14.3 Å². The first kappa shape index (κ1) is 20.9. The van der Waals surface area contributed by atoms with Gasteiger partial charge >= 0.3 is 0 Å². The first-order valence-corrected chi connectivity index (χ1v) is 10.4. The minimum Gasteiger partial charge on any atom is -0.494 e. The number of ether oxygens (including phenoxy) is 1. The molecule has 0 saturated heterocycles. The molecule has 2 amide bonds. The van der Waals surface area contributed by atoms with Gasteiger partial charge in [0.1, 0.15) is 11.8 Å². The Kier molecular flexibility index (Phi) is 6.91. The number of carbonyl (C=O) groups excluding carboxylic acids is 2. The van der Waals surface area contributed by atoms with Gasteiger partial charge in [0.25, 0.3) is 5.91 Å². The molecule has 1 atom stereocenters. The molecule has 0 bridgehead atoms. The van der Waals surface area contributed by atoms with E-state index >= 15 is 0 Å².